The average molecular weight is 1580 g/mol. The van der Waals surface area contributed by atoms with Gasteiger partial charge in [0.15, 0.2) is 17.7 Å². The van der Waals surface area contributed by atoms with Gasteiger partial charge in [-0.2, -0.15) is 0 Å². The van der Waals surface area contributed by atoms with Crippen molar-refractivity contribution in [2.24, 2.45) is 4.99 Å². The fourth-order valence-corrected chi connectivity index (χ4v) is 6.54. The largest absolute Gasteiger partial charge is 1.00 e. The zero-order chi connectivity index (χ0) is 78.6. The standard InChI is InChI=1S/C11H8N2O4.C11H11NO5.C10H9NO5.C10H13NO3.C9H7NO5.C7H5NO3.C3H6O2.CH3F.2CH4O.CH3.Na.H2O.Pd/c1-7-12-10(11(14)17-7)6-8-3-2-4-9(5-8)13(15)16;1-16-10(11(13)17-2)7-8-4-3-5-9(6-8)12(14)15;1-16-9(10(12)13)6-7-3-2-4-8(5-7)11(14)15;1-14-9(10(12)13)6-7-3-2-4-8(11)5-7;11-8(9(12)13)5-6-2-1-3-7(4-6)10(14)15;9-5-6-2-1-3-7(4-6)8(10)11;1-2-3(4)5;3*1-2;;;;/h2-6H,1H3;3-7H,1-2H3;2-6H,1H3,(H,12,13);2-5,9H,6,11H2,1H3,(H,12,13);1-5,11H,(H,12,13);1-5H;2H2,1H3,(H,4,5);1H3;2*2H,1H3;1H3;;1H2;/q;;;;;;;;;;-1;+1;;/p-1/b10-6-;10-7-;9-6-;;8-5-;;;;;;;;;/i;;;;;;;1D;;;;;;. The molecule has 1 aliphatic rings. The van der Waals surface area contributed by atoms with E-state index in [2.05, 4.69) is 14.5 Å². The van der Waals surface area contributed by atoms with Crippen LogP contribution in [0.15, 0.2) is 174 Å². The minimum atomic E-state index is -1.48. The number of cyclic esters (lactones) is 1. The van der Waals surface area contributed by atoms with Crippen molar-refractivity contribution in [2.45, 2.75) is 32.8 Å². The molecule has 10 N–H and O–H groups in total. The van der Waals surface area contributed by atoms with Crippen molar-refractivity contribution in [1.82, 2.24) is 0 Å². The Morgan fingerprint density at radius 2 is 0.933 bits per heavy atom. The fourth-order valence-electron chi connectivity index (χ4n) is 6.54. The predicted octanol–water partition coefficient (Wildman–Crippen LogP) is 6.79. The van der Waals surface area contributed by atoms with Crippen molar-refractivity contribution in [2.75, 3.05) is 55.5 Å². The Morgan fingerprint density at radius 1 is 0.590 bits per heavy atom. The minimum absolute atomic E-state index is 0. The van der Waals surface area contributed by atoms with Crippen LogP contribution in [-0.2, 0) is 79.3 Å². The number of nitrogens with zero attached hydrogens (tertiary/aromatic N) is 6. The molecule has 1 atom stereocenters. The molecule has 0 aromatic heterocycles. The van der Waals surface area contributed by atoms with Crippen LogP contribution < -0.4 is 35.3 Å². The number of benzene rings is 6. The number of nitro benzene ring substituents is 5. The van der Waals surface area contributed by atoms with Crippen molar-refractivity contribution in [1.29, 1.82) is 0 Å². The molecule has 1 heterocycles. The molecule has 6 aromatic carbocycles. The zero-order valence-corrected chi connectivity index (χ0v) is 61.0. The number of methoxy groups -OCH3 is 4. The smallest absolute Gasteiger partial charge is 0.870 e. The van der Waals surface area contributed by atoms with Crippen LogP contribution in [0.2, 0.25) is 0 Å². The van der Waals surface area contributed by atoms with Crippen molar-refractivity contribution in [3.63, 3.8) is 0 Å². The van der Waals surface area contributed by atoms with Gasteiger partial charge >= 0.3 is 65.4 Å². The first-order valence-electron chi connectivity index (χ1n) is 28.2. The summed E-state index contributed by atoms with van der Waals surface area (Å²) < 4.78 is 39.0. The number of anilines is 1. The molecule has 0 aliphatic carbocycles. The number of aldehydes is 1. The van der Waals surface area contributed by atoms with Gasteiger partial charge in [-0.3, -0.25) is 64.6 Å². The summed E-state index contributed by atoms with van der Waals surface area (Å²) in [5, 5.41) is 109. The molecule has 1 aliphatic heterocycles. The first-order chi connectivity index (χ1) is 48.2. The number of ether oxygens (including phenoxy) is 5. The van der Waals surface area contributed by atoms with E-state index in [1.807, 2.05) is 6.07 Å². The van der Waals surface area contributed by atoms with Gasteiger partial charge in [0.25, 0.3) is 28.4 Å². The van der Waals surface area contributed by atoms with E-state index in [-0.39, 0.29) is 126 Å². The van der Waals surface area contributed by atoms with E-state index in [4.69, 9.17) is 57.1 Å². The molecule has 0 bridgehead atoms. The maximum atomic E-state index is 11.3. The molecule has 37 nitrogen and oxygen atoms in total. The second-order valence-electron chi connectivity index (χ2n) is 17.7. The third-order valence-corrected chi connectivity index (χ3v) is 11.0. The van der Waals surface area contributed by atoms with Crippen LogP contribution in [0.1, 0.15) is 59.8 Å². The Bertz CT molecular complexity index is 3970. The Labute approximate surface area is 635 Å². The first kappa shape index (κ1) is 104. The number of nitrogens with two attached hydrogens (primary N) is 1. The number of aliphatic hydroxyl groups excluding tert-OH is 3. The van der Waals surface area contributed by atoms with Gasteiger partial charge in [-0.25, -0.2) is 29.0 Å². The third kappa shape index (κ3) is 45.5. The Morgan fingerprint density at radius 3 is 1.23 bits per heavy atom. The summed E-state index contributed by atoms with van der Waals surface area (Å²) in [6.07, 6.45) is 5.30. The Balaban J connectivity index is -0.000000214. The average Bonchev–Trinajstić information content (AvgIpc) is 1.66. The van der Waals surface area contributed by atoms with Crippen LogP contribution in [-0.4, -0.2) is 170 Å². The van der Waals surface area contributed by atoms with Crippen molar-refractivity contribution < 1.29 is 179 Å². The van der Waals surface area contributed by atoms with Crippen LogP contribution in [0.25, 0.3) is 24.3 Å². The fraction of sp³-hybridized carbons (Fsp3) is 0.185. The number of halogens is 1. The molecule has 0 saturated carbocycles. The van der Waals surface area contributed by atoms with Crippen molar-refractivity contribution >= 4 is 106 Å². The number of carbonyl (C=O) groups excluding carboxylic acids is 3. The number of nitro groups is 5. The molecule has 0 fully saturated rings. The van der Waals surface area contributed by atoms with E-state index < -0.39 is 79.4 Å². The second-order valence-corrected chi connectivity index (χ2v) is 17.7. The maximum absolute atomic E-state index is 11.3. The molecule has 40 heteroatoms. The molecule has 1 unspecified atom stereocenters. The van der Waals surface area contributed by atoms with E-state index in [9.17, 15) is 88.5 Å². The number of esters is 2. The summed E-state index contributed by atoms with van der Waals surface area (Å²) in [6.45, 7) is 3.16. The summed E-state index contributed by atoms with van der Waals surface area (Å²) in [7, 11) is 6.14. The predicted molar refractivity (Wildman–Crippen MR) is 368 cm³/mol. The first-order valence-corrected chi connectivity index (χ1v) is 27.4. The zero-order valence-electron chi connectivity index (χ0n) is 58.5. The summed E-state index contributed by atoms with van der Waals surface area (Å²) in [5.74, 6) is -6.50. The summed E-state index contributed by atoms with van der Waals surface area (Å²) >= 11 is 0. The number of nitrogen functional groups attached to an aromatic ring is 1. The number of aliphatic carboxylic acids is 4. The summed E-state index contributed by atoms with van der Waals surface area (Å²) in [5.41, 5.74) is 8.76. The molecule has 568 valence electrons. The molecule has 0 saturated heterocycles. The topological polar surface area (TPSA) is 591 Å². The van der Waals surface area contributed by atoms with Crippen molar-refractivity contribution in [3.8, 4) is 0 Å². The Kier molecular flexibility index (Phi) is 60.3. The minimum Gasteiger partial charge on any atom is -0.870 e. The van der Waals surface area contributed by atoms with Gasteiger partial charge in [-0.1, -0.05) is 79.7 Å². The maximum Gasteiger partial charge on any atom is 1.00 e. The normalized spacial score (nSPS) is 11.0. The van der Waals surface area contributed by atoms with Gasteiger partial charge in [0.05, 0.1) is 54.5 Å². The third-order valence-electron chi connectivity index (χ3n) is 11.0. The molecule has 0 radical (unpaired) electrons. The number of alkyl halides is 1. The van der Waals surface area contributed by atoms with Crippen molar-refractivity contribution in [3.05, 3.63) is 260 Å². The number of carboxylic acid groups (broad SMARTS) is 4. The molecular weight excluding hydrogens is 1510 g/mol. The number of aliphatic imine (C=N–C) groups is 1. The Hall–Kier alpha value is -11.9. The monoisotopic (exact) mass is 1580 g/mol. The van der Waals surface area contributed by atoms with Crippen LogP contribution in [0.4, 0.5) is 38.5 Å². The molecule has 0 amide bonds. The van der Waals surface area contributed by atoms with Crippen LogP contribution in [0, 0.1) is 58.0 Å². The van der Waals surface area contributed by atoms with Gasteiger partial charge < -0.3 is 78.1 Å². The van der Waals surface area contributed by atoms with Gasteiger partial charge in [-0.05, 0) is 64.3 Å². The summed E-state index contributed by atoms with van der Waals surface area (Å²) in [6, 6.07) is 35.4. The second kappa shape index (κ2) is 60.8. The number of aliphatic hydroxyl groups is 3. The quantitative estimate of drug-likeness (QED) is 0.00449. The molecule has 7 rings (SSSR count). The SMILES string of the molecule is CC1=N/C(=C\c2cccc([N+](=O)[O-])c2)C(=O)O1.CCC(=O)O.CO.CO.CO/C(=C\c1cccc([N+](=O)[O-])c1)C(=O)O.COC(=O)/C(=C/c1cccc([N+](=O)[O-])c1)OC.COC(Cc1cccc(N)c1)C(=O)O.O=C(O)/C(O)=C/c1cccc([N+](=O)[O-])c1.O=Cc1cccc([N+](=O)[O-])c1.[2H]CF.[CH3-].[Na+].[OH-].[Pd]. The van der Waals surface area contributed by atoms with E-state index >= 15 is 0 Å². The van der Waals surface area contributed by atoms with Crippen LogP contribution in [0.5, 0.6) is 0 Å². The summed E-state index contributed by atoms with van der Waals surface area (Å²) in [4.78, 5) is 127. The number of rotatable bonds is 20. The van der Waals surface area contributed by atoms with Crippen LogP contribution in [0.3, 0.4) is 0 Å². The van der Waals surface area contributed by atoms with Crippen LogP contribution >= 0.6 is 0 Å². The van der Waals surface area contributed by atoms with Gasteiger partial charge in [0.1, 0.15) is 6.29 Å². The van der Waals surface area contributed by atoms with Gasteiger partial charge in [0.2, 0.25) is 17.3 Å². The number of hydrogen-bond acceptors (Lipinski definition) is 28. The van der Waals surface area contributed by atoms with E-state index in [1.54, 1.807) is 56.3 Å². The molecule has 105 heavy (non-hydrogen) atoms. The molecule has 0 spiro atoms. The van der Waals surface area contributed by atoms with E-state index in [0.717, 1.165) is 25.9 Å². The number of non-ortho nitro benzene ring substituents is 5. The number of carbonyl (C=O) groups is 7. The van der Waals surface area contributed by atoms with E-state index in [1.165, 1.54) is 144 Å². The number of hydrogen-bond donors (Lipinski definition) is 8. The molecule has 6 aromatic rings. The van der Waals surface area contributed by atoms with Gasteiger partial charge in [0, 0.05) is 133 Å². The van der Waals surface area contributed by atoms with Gasteiger partial charge in [-0.15, -0.1) is 0 Å². The molecular formula is C65H74FN7NaO30Pd-. The number of carboxylic acids is 4. The van der Waals surface area contributed by atoms with E-state index in [0.29, 0.717) is 40.6 Å².